The van der Waals surface area contributed by atoms with Crippen molar-refractivity contribution in [1.29, 1.82) is 0 Å². The van der Waals surface area contributed by atoms with Crippen LogP contribution in [0.1, 0.15) is 34.1 Å². The zero-order valence-electron chi connectivity index (χ0n) is 9.13. The van der Waals surface area contributed by atoms with Crippen molar-refractivity contribution in [3.8, 4) is 0 Å². The molecule has 0 aliphatic carbocycles. The second-order valence-corrected chi connectivity index (χ2v) is 3.98. The van der Waals surface area contributed by atoms with Crippen molar-refractivity contribution in [2.45, 2.75) is 40.2 Å². The lowest BCUT2D eigenvalue weighted by atomic mass is 9.98. The maximum atomic E-state index is 11.3. The average Bonchev–Trinajstić information content (AvgIpc) is 2.11. The Morgan fingerprint density at radius 2 is 1.92 bits per heavy atom. The molecule has 0 aromatic carbocycles. The van der Waals surface area contributed by atoms with Crippen molar-refractivity contribution in [2.75, 3.05) is 6.54 Å². The first kappa shape index (κ1) is 12.4. The molecule has 13 heavy (non-hydrogen) atoms. The van der Waals surface area contributed by atoms with Crippen molar-refractivity contribution in [3.05, 3.63) is 0 Å². The van der Waals surface area contributed by atoms with Gasteiger partial charge in [-0.3, -0.25) is 4.79 Å². The van der Waals surface area contributed by atoms with E-state index in [9.17, 15) is 4.79 Å². The first-order valence-electron chi connectivity index (χ1n) is 5.02. The summed E-state index contributed by atoms with van der Waals surface area (Å²) >= 11 is 0. The second kappa shape index (κ2) is 5.97. The molecule has 0 aliphatic rings. The SMILES string of the molecule is CC[C@H](N)C(=O)NCC(C)C(C)C. The first-order valence-corrected chi connectivity index (χ1v) is 5.02. The van der Waals surface area contributed by atoms with Gasteiger partial charge >= 0.3 is 0 Å². The fraction of sp³-hybridized carbons (Fsp3) is 0.900. The molecule has 0 fully saturated rings. The molecule has 3 heteroatoms. The van der Waals surface area contributed by atoms with E-state index in [1.165, 1.54) is 0 Å². The summed E-state index contributed by atoms with van der Waals surface area (Å²) in [5.74, 6) is 1.07. The predicted molar refractivity (Wildman–Crippen MR) is 55.3 cm³/mol. The van der Waals surface area contributed by atoms with Gasteiger partial charge in [0.05, 0.1) is 6.04 Å². The Labute approximate surface area is 81.1 Å². The molecule has 0 rings (SSSR count). The summed E-state index contributed by atoms with van der Waals surface area (Å²) in [6.07, 6.45) is 0.696. The van der Waals surface area contributed by atoms with Crippen LogP contribution in [0.5, 0.6) is 0 Å². The van der Waals surface area contributed by atoms with Gasteiger partial charge in [-0.1, -0.05) is 27.7 Å². The van der Waals surface area contributed by atoms with Gasteiger partial charge < -0.3 is 11.1 Å². The third-order valence-corrected chi connectivity index (χ3v) is 2.51. The molecule has 0 saturated heterocycles. The molecule has 0 bridgehead atoms. The second-order valence-electron chi connectivity index (χ2n) is 3.98. The van der Waals surface area contributed by atoms with E-state index in [1.807, 2.05) is 6.92 Å². The standard InChI is InChI=1S/C10H22N2O/c1-5-9(11)10(13)12-6-8(4)7(2)3/h7-9H,5-6,11H2,1-4H3,(H,12,13)/t8?,9-/m0/s1. The summed E-state index contributed by atoms with van der Waals surface area (Å²) in [6, 6.07) is -0.348. The van der Waals surface area contributed by atoms with Crippen LogP contribution < -0.4 is 11.1 Å². The van der Waals surface area contributed by atoms with Gasteiger partial charge in [-0.25, -0.2) is 0 Å². The highest BCUT2D eigenvalue weighted by Gasteiger charge is 2.12. The number of nitrogens with one attached hydrogen (secondary N) is 1. The van der Waals surface area contributed by atoms with Crippen LogP contribution in [-0.4, -0.2) is 18.5 Å². The average molecular weight is 186 g/mol. The maximum absolute atomic E-state index is 11.3. The molecule has 3 nitrogen and oxygen atoms in total. The van der Waals surface area contributed by atoms with E-state index in [2.05, 4.69) is 26.1 Å². The Balaban J connectivity index is 3.70. The van der Waals surface area contributed by atoms with Crippen LogP contribution in [-0.2, 0) is 4.79 Å². The molecule has 0 aromatic heterocycles. The van der Waals surface area contributed by atoms with Crippen molar-refractivity contribution in [2.24, 2.45) is 17.6 Å². The van der Waals surface area contributed by atoms with Crippen molar-refractivity contribution >= 4 is 5.91 Å². The van der Waals surface area contributed by atoms with Crippen molar-refractivity contribution < 1.29 is 4.79 Å². The Bertz CT molecular complexity index is 157. The lowest BCUT2D eigenvalue weighted by Gasteiger charge is -2.17. The summed E-state index contributed by atoms with van der Waals surface area (Å²) in [5, 5.41) is 2.85. The third-order valence-electron chi connectivity index (χ3n) is 2.51. The summed E-state index contributed by atoms with van der Waals surface area (Å²) in [6.45, 7) is 9.07. The molecule has 0 spiro atoms. The molecular formula is C10H22N2O. The van der Waals surface area contributed by atoms with E-state index >= 15 is 0 Å². The highest BCUT2D eigenvalue weighted by Crippen LogP contribution is 2.07. The highest BCUT2D eigenvalue weighted by molar-refractivity contribution is 5.81. The van der Waals surface area contributed by atoms with Gasteiger partial charge in [-0.2, -0.15) is 0 Å². The van der Waals surface area contributed by atoms with Gasteiger partial charge in [0.15, 0.2) is 0 Å². The quantitative estimate of drug-likeness (QED) is 0.676. The predicted octanol–water partition coefficient (Wildman–Crippen LogP) is 1.13. The number of nitrogens with two attached hydrogens (primary N) is 1. The Morgan fingerprint density at radius 1 is 1.38 bits per heavy atom. The third kappa shape index (κ3) is 4.88. The molecule has 0 heterocycles. The van der Waals surface area contributed by atoms with Gasteiger partial charge in [0.1, 0.15) is 0 Å². The minimum atomic E-state index is -0.348. The molecule has 0 aromatic rings. The topological polar surface area (TPSA) is 55.1 Å². The monoisotopic (exact) mass is 186 g/mol. The Hall–Kier alpha value is -0.570. The van der Waals surface area contributed by atoms with E-state index in [1.54, 1.807) is 0 Å². The molecular weight excluding hydrogens is 164 g/mol. The Morgan fingerprint density at radius 3 is 2.31 bits per heavy atom. The van der Waals surface area contributed by atoms with Gasteiger partial charge in [-0.05, 0) is 18.3 Å². The van der Waals surface area contributed by atoms with E-state index in [-0.39, 0.29) is 11.9 Å². The molecule has 78 valence electrons. The lowest BCUT2D eigenvalue weighted by Crippen LogP contribution is -2.42. The molecule has 0 radical (unpaired) electrons. The van der Waals surface area contributed by atoms with Gasteiger partial charge in [-0.15, -0.1) is 0 Å². The smallest absolute Gasteiger partial charge is 0.236 e. The number of rotatable bonds is 5. The first-order chi connectivity index (χ1) is 5.99. The fourth-order valence-corrected chi connectivity index (χ4v) is 0.814. The highest BCUT2D eigenvalue weighted by atomic mass is 16.2. The van der Waals surface area contributed by atoms with Crippen LogP contribution in [0.4, 0.5) is 0 Å². The van der Waals surface area contributed by atoms with E-state index in [0.717, 1.165) is 6.54 Å². The molecule has 0 saturated carbocycles. The zero-order chi connectivity index (χ0) is 10.4. The van der Waals surface area contributed by atoms with Crippen LogP contribution in [0, 0.1) is 11.8 Å². The number of carbonyl (C=O) groups excluding carboxylic acids is 1. The van der Waals surface area contributed by atoms with Crippen LogP contribution in [0.15, 0.2) is 0 Å². The van der Waals surface area contributed by atoms with E-state index in [0.29, 0.717) is 18.3 Å². The number of carbonyl (C=O) groups is 1. The molecule has 1 unspecified atom stereocenters. The van der Waals surface area contributed by atoms with E-state index < -0.39 is 0 Å². The summed E-state index contributed by atoms with van der Waals surface area (Å²) < 4.78 is 0. The largest absolute Gasteiger partial charge is 0.354 e. The van der Waals surface area contributed by atoms with Crippen molar-refractivity contribution in [1.82, 2.24) is 5.32 Å². The summed E-state index contributed by atoms with van der Waals surface area (Å²) in [4.78, 5) is 11.3. The van der Waals surface area contributed by atoms with Crippen LogP contribution >= 0.6 is 0 Å². The van der Waals surface area contributed by atoms with Crippen LogP contribution in [0.25, 0.3) is 0 Å². The maximum Gasteiger partial charge on any atom is 0.236 e. The zero-order valence-corrected chi connectivity index (χ0v) is 9.13. The van der Waals surface area contributed by atoms with Crippen molar-refractivity contribution in [3.63, 3.8) is 0 Å². The summed E-state index contributed by atoms with van der Waals surface area (Å²) in [7, 11) is 0. The van der Waals surface area contributed by atoms with Crippen LogP contribution in [0.3, 0.4) is 0 Å². The molecule has 0 aliphatic heterocycles. The number of hydrogen-bond acceptors (Lipinski definition) is 2. The normalized spacial score (nSPS) is 15.5. The lowest BCUT2D eigenvalue weighted by molar-refractivity contribution is -0.122. The van der Waals surface area contributed by atoms with Gasteiger partial charge in [0.2, 0.25) is 5.91 Å². The molecule has 1 amide bonds. The van der Waals surface area contributed by atoms with E-state index in [4.69, 9.17) is 5.73 Å². The summed E-state index contributed by atoms with van der Waals surface area (Å²) in [5.41, 5.74) is 5.57. The van der Waals surface area contributed by atoms with Gasteiger partial charge in [0, 0.05) is 6.54 Å². The van der Waals surface area contributed by atoms with Gasteiger partial charge in [0.25, 0.3) is 0 Å². The van der Waals surface area contributed by atoms with Crippen LogP contribution in [0.2, 0.25) is 0 Å². The fourth-order valence-electron chi connectivity index (χ4n) is 0.814. The molecule has 2 atom stereocenters. The Kier molecular flexibility index (Phi) is 5.71. The molecule has 3 N–H and O–H groups in total. The number of amides is 1. The minimum absolute atomic E-state index is 0.0324. The number of hydrogen-bond donors (Lipinski definition) is 2. The minimum Gasteiger partial charge on any atom is -0.354 e.